The van der Waals surface area contributed by atoms with Gasteiger partial charge >= 0.3 is 0 Å². The summed E-state index contributed by atoms with van der Waals surface area (Å²) >= 11 is 0. The Hall–Kier alpha value is -1.14. The maximum atomic E-state index is 12.2. The maximum Gasteiger partial charge on any atom is 0.251 e. The molecule has 2 atom stereocenters. The van der Waals surface area contributed by atoms with Crippen LogP contribution in [0.15, 0.2) is 0 Å². The van der Waals surface area contributed by atoms with E-state index in [1.807, 2.05) is 0 Å². The minimum absolute atomic E-state index is 0.00953. The van der Waals surface area contributed by atoms with E-state index in [1.54, 1.807) is 4.90 Å². The molecule has 6 heteroatoms. The Morgan fingerprint density at radius 2 is 2.16 bits per heavy atom. The number of nitrogens with one attached hydrogen (secondary N) is 1. The number of ether oxygens (including phenoxy) is 1. The van der Waals surface area contributed by atoms with Crippen LogP contribution in [0.5, 0.6) is 0 Å². The summed E-state index contributed by atoms with van der Waals surface area (Å²) in [4.78, 5) is 25.9. The Kier molecular flexibility index (Phi) is 5.15. The largest absolute Gasteiger partial charge is 0.368 e. The lowest BCUT2D eigenvalue weighted by molar-refractivity contribution is -0.144. The molecule has 2 heterocycles. The van der Waals surface area contributed by atoms with Crippen LogP contribution in [0, 0.1) is 5.92 Å². The van der Waals surface area contributed by atoms with Crippen molar-refractivity contribution in [1.29, 1.82) is 0 Å². The number of hydrogen-bond donors (Lipinski definition) is 2. The van der Waals surface area contributed by atoms with Gasteiger partial charge in [0.25, 0.3) is 5.91 Å². The number of nitrogens with zero attached hydrogens (tertiary/aromatic N) is 1. The zero-order chi connectivity index (χ0) is 13.7. The fourth-order valence-electron chi connectivity index (χ4n) is 2.71. The molecule has 0 saturated carbocycles. The molecule has 3 N–H and O–H groups in total. The first-order valence-corrected chi connectivity index (χ1v) is 7.10. The maximum absolute atomic E-state index is 12.2. The average Bonchev–Trinajstić information content (AvgIpc) is 2.98. The second kappa shape index (κ2) is 6.86. The van der Waals surface area contributed by atoms with Crippen molar-refractivity contribution in [2.45, 2.75) is 31.8 Å². The summed E-state index contributed by atoms with van der Waals surface area (Å²) in [5, 5.41) is 2.80. The third-order valence-electron chi connectivity index (χ3n) is 3.75. The lowest BCUT2D eigenvalue weighted by atomic mass is 9.96. The lowest BCUT2D eigenvalue weighted by Gasteiger charge is -2.33. The zero-order valence-electron chi connectivity index (χ0n) is 11.3. The van der Waals surface area contributed by atoms with Gasteiger partial charge in [0.1, 0.15) is 6.10 Å². The molecule has 0 aliphatic carbocycles. The molecule has 6 nitrogen and oxygen atoms in total. The highest BCUT2D eigenvalue weighted by atomic mass is 16.5. The fraction of sp³-hybridized carbons (Fsp3) is 0.846. The van der Waals surface area contributed by atoms with Crippen LogP contribution in [-0.2, 0) is 14.3 Å². The summed E-state index contributed by atoms with van der Waals surface area (Å²) in [5.74, 6) is -0.0465. The van der Waals surface area contributed by atoms with Gasteiger partial charge in [-0.3, -0.25) is 9.59 Å². The van der Waals surface area contributed by atoms with Crippen molar-refractivity contribution in [1.82, 2.24) is 10.2 Å². The van der Waals surface area contributed by atoms with Crippen LogP contribution in [0.1, 0.15) is 25.7 Å². The molecule has 19 heavy (non-hydrogen) atoms. The van der Waals surface area contributed by atoms with Crippen LogP contribution in [0.3, 0.4) is 0 Å². The van der Waals surface area contributed by atoms with E-state index >= 15 is 0 Å². The molecule has 2 aliphatic heterocycles. The van der Waals surface area contributed by atoms with Gasteiger partial charge in [0.2, 0.25) is 5.91 Å². The second-order valence-corrected chi connectivity index (χ2v) is 5.20. The van der Waals surface area contributed by atoms with E-state index in [9.17, 15) is 9.59 Å². The van der Waals surface area contributed by atoms with Gasteiger partial charge in [-0.05, 0) is 25.7 Å². The molecular weight excluding hydrogens is 246 g/mol. The Labute approximate surface area is 113 Å². The first-order valence-electron chi connectivity index (χ1n) is 7.10. The normalized spacial score (nSPS) is 27.3. The third kappa shape index (κ3) is 3.67. The van der Waals surface area contributed by atoms with Crippen LogP contribution >= 0.6 is 0 Å². The summed E-state index contributed by atoms with van der Waals surface area (Å²) in [6.45, 7) is 2.85. The standard InChI is InChI=1S/C13H23N3O3/c14-5-6-15-12(17)10-3-1-7-16(9-10)13(18)11-4-2-8-19-11/h10-11H,1-9,14H2,(H,15,17)/t10?,11-/m1/s1. The lowest BCUT2D eigenvalue weighted by Crippen LogP contribution is -2.48. The second-order valence-electron chi connectivity index (χ2n) is 5.20. The van der Waals surface area contributed by atoms with Crippen molar-refractivity contribution in [3.8, 4) is 0 Å². The quantitative estimate of drug-likeness (QED) is 0.719. The first-order chi connectivity index (χ1) is 9.22. The third-order valence-corrected chi connectivity index (χ3v) is 3.75. The molecule has 1 unspecified atom stereocenters. The number of likely N-dealkylation sites (tertiary alicyclic amines) is 1. The Bertz CT molecular complexity index is 329. The van der Waals surface area contributed by atoms with E-state index in [2.05, 4.69) is 5.32 Å². The topological polar surface area (TPSA) is 84.7 Å². The molecule has 108 valence electrons. The van der Waals surface area contributed by atoms with Gasteiger partial charge in [-0.25, -0.2) is 0 Å². The van der Waals surface area contributed by atoms with E-state index in [4.69, 9.17) is 10.5 Å². The van der Waals surface area contributed by atoms with Crippen LogP contribution in [0.2, 0.25) is 0 Å². The van der Waals surface area contributed by atoms with Gasteiger partial charge in [0, 0.05) is 32.8 Å². The molecule has 0 aromatic carbocycles. The van der Waals surface area contributed by atoms with Crippen molar-refractivity contribution in [3.05, 3.63) is 0 Å². The molecule has 2 amide bonds. The summed E-state index contributed by atoms with van der Waals surface area (Å²) in [6, 6.07) is 0. The van der Waals surface area contributed by atoms with Crippen LogP contribution < -0.4 is 11.1 Å². The minimum Gasteiger partial charge on any atom is -0.368 e. The monoisotopic (exact) mass is 269 g/mol. The Balaban J connectivity index is 1.85. The summed E-state index contributed by atoms with van der Waals surface area (Å²) in [6.07, 6.45) is 3.18. The number of nitrogens with two attached hydrogens (primary N) is 1. The van der Waals surface area contributed by atoms with Crippen molar-refractivity contribution in [3.63, 3.8) is 0 Å². The number of amides is 2. The fourth-order valence-corrected chi connectivity index (χ4v) is 2.71. The van der Waals surface area contributed by atoms with Crippen molar-refractivity contribution < 1.29 is 14.3 Å². The average molecular weight is 269 g/mol. The van der Waals surface area contributed by atoms with E-state index in [1.165, 1.54) is 0 Å². The van der Waals surface area contributed by atoms with Gasteiger partial charge in [-0.15, -0.1) is 0 Å². The molecular formula is C13H23N3O3. The Morgan fingerprint density at radius 1 is 1.32 bits per heavy atom. The smallest absolute Gasteiger partial charge is 0.251 e. The van der Waals surface area contributed by atoms with Crippen LogP contribution in [0.4, 0.5) is 0 Å². The van der Waals surface area contributed by atoms with Gasteiger partial charge in [0.15, 0.2) is 0 Å². The van der Waals surface area contributed by atoms with Gasteiger partial charge in [0.05, 0.1) is 5.92 Å². The summed E-state index contributed by atoms with van der Waals surface area (Å²) in [7, 11) is 0. The highest BCUT2D eigenvalue weighted by molar-refractivity contribution is 5.83. The zero-order valence-corrected chi connectivity index (χ0v) is 11.3. The molecule has 0 aromatic heterocycles. The SMILES string of the molecule is NCCNC(=O)C1CCCN(C(=O)[C@H]2CCCO2)C1. The molecule has 2 saturated heterocycles. The highest BCUT2D eigenvalue weighted by Gasteiger charge is 2.33. The van der Waals surface area contributed by atoms with Gasteiger partial charge < -0.3 is 20.7 Å². The van der Waals surface area contributed by atoms with Gasteiger partial charge in [-0.2, -0.15) is 0 Å². The number of carbonyl (C=O) groups excluding carboxylic acids is 2. The predicted molar refractivity (Wildman–Crippen MR) is 70.3 cm³/mol. The minimum atomic E-state index is -0.286. The highest BCUT2D eigenvalue weighted by Crippen LogP contribution is 2.21. The number of rotatable bonds is 4. The molecule has 0 spiro atoms. The predicted octanol–water partition coefficient (Wildman–Crippen LogP) is -0.521. The summed E-state index contributed by atoms with van der Waals surface area (Å²) in [5.41, 5.74) is 5.37. The van der Waals surface area contributed by atoms with Crippen molar-refractivity contribution >= 4 is 11.8 Å². The molecule has 0 aromatic rings. The number of piperidine rings is 1. The van der Waals surface area contributed by atoms with E-state index in [0.29, 0.717) is 26.2 Å². The van der Waals surface area contributed by atoms with E-state index in [-0.39, 0.29) is 23.8 Å². The Morgan fingerprint density at radius 3 is 2.84 bits per heavy atom. The number of carbonyl (C=O) groups is 2. The number of hydrogen-bond acceptors (Lipinski definition) is 4. The van der Waals surface area contributed by atoms with E-state index < -0.39 is 0 Å². The van der Waals surface area contributed by atoms with Gasteiger partial charge in [-0.1, -0.05) is 0 Å². The molecule has 0 bridgehead atoms. The van der Waals surface area contributed by atoms with E-state index in [0.717, 1.165) is 32.2 Å². The van der Waals surface area contributed by atoms with Crippen LogP contribution in [-0.4, -0.2) is 55.6 Å². The van der Waals surface area contributed by atoms with Crippen molar-refractivity contribution in [2.75, 3.05) is 32.8 Å². The van der Waals surface area contributed by atoms with Crippen LogP contribution in [0.25, 0.3) is 0 Å². The molecule has 0 radical (unpaired) electrons. The molecule has 2 fully saturated rings. The molecule has 2 rings (SSSR count). The molecule has 2 aliphatic rings. The first kappa shape index (κ1) is 14.3. The van der Waals surface area contributed by atoms with Crippen molar-refractivity contribution in [2.24, 2.45) is 11.7 Å². The summed E-state index contributed by atoms with van der Waals surface area (Å²) < 4.78 is 5.42.